The highest BCUT2D eigenvalue weighted by molar-refractivity contribution is 7.89. The Bertz CT molecular complexity index is 1180. The monoisotopic (exact) mass is 454 g/mol. The summed E-state index contributed by atoms with van der Waals surface area (Å²) < 4.78 is 38.7. The van der Waals surface area contributed by atoms with Crippen LogP contribution in [0.25, 0.3) is 0 Å². The Kier molecular flexibility index (Phi) is 7.50. The lowest BCUT2D eigenvalue weighted by Gasteiger charge is -2.22. The van der Waals surface area contributed by atoms with E-state index in [4.69, 9.17) is 9.47 Å². The zero-order chi connectivity index (χ0) is 23.1. The van der Waals surface area contributed by atoms with E-state index >= 15 is 0 Å². The van der Waals surface area contributed by atoms with E-state index in [0.717, 1.165) is 9.87 Å². The van der Waals surface area contributed by atoms with Crippen molar-refractivity contribution in [3.05, 3.63) is 78.4 Å². The summed E-state index contributed by atoms with van der Waals surface area (Å²) in [5.41, 5.74) is 1.22. The minimum Gasteiger partial charge on any atom is -0.495 e. The number of sulfonamides is 1. The Morgan fingerprint density at radius 1 is 0.969 bits per heavy atom. The molecule has 7 nitrogen and oxygen atoms in total. The van der Waals surface area contributed by atoms with Crippen molar-refractivity contribution in [2.75, 3.05) is 25.5 Å². The predicted octanol–water partition coefficient (Wildman–Crippen LogP) is 4.45. The van der Waals surface area contributed by atoms with Gasteiger partial charge in [-0.25, -0.2) is 8.42 Å². The number of hydrogen-bond donors (Lipinski definition) is 1. The number of nitrogens with one attached hydrogen (secondary N) is 1. The number of likely N-dealkylation sites (N-methyl/N-ethyl adjacent to an activating group) is 1. The first-order valence-electron chi connectivity index (χ1n) is 10.1. The number of nitrogens with zero attached hydrogens (tertiary/aromatic N) is 1. The molecule has 0 aromatic heterocycles. The summed E-state index contributed by atoms with van der Waals surface area (Å²) >= 11 is 0. The molecule has 3 rings (SSSR count). The van der Waals surface area contributed by atoms with Crippen LogP contribution in [-0.4, -0.2) is 38.8 Å². The van der Waals surface area contributed by atoms with Crippen molar-refractivity contribution in [3.63, 3.8) is 0 Å². The van der Waals surface area contributed by atoms with Gasteiger partial charge in [0, 0.05) is 6.54 Å². The van der Waals surface area contributed by atoms with Crippen LogP contribution in [-0.2, 0) is 14.8 Å². The van der Waals surface area contributed by atoms with E-state index < -0.39 is 15.9 Å². The third kappa shape index (κ3) is 5.46. The highest BCUT2D eigenvalue weighted by Crippen LogP contribution is 2.30. The lowest BCUT2D eigenvalue weighted by Crippen LogP contribution is -2.38. The zero-order valence-corrected chi connectivity index (χ0v) is 19.1. The van der Waals surface area contributed by atoms with Crippen molar-refractivity contribution in [1.29, 1.82) is 0 Å². The van der Waals surface area contributed by atoms with Gasteiger partial charge in [0.15, 0.2) is 5.75 Å². The van der Waals surface area contributed by atoms with E-state index in [1.807, 2.05) is 18.2 Å². The fraction of sp³-hybridized carbons (Fsp3) is 0.208. The van der Waals surface area contributed by atoms with Gasteiger partial charge in [-0.05, 0) is 48.9 Å². The smallest absolute Gasteiger partial charge is 0.247 e. The van der Waals surface area contributed by atoms with E-state index in [-0.39, 0.29) is 23.7 Å². The SMILES string of the molecule is CCN(CC(=O)Nc1ccccc1Oc1ccccc1)S(=O)(=O)c1cc(C)ccc1OC. The number of anilines is 1. The molecule has 0 saturated carbocycles. The third-order valence-corrected chi connectivity index (χ3v) is 6.68. The Balaban J connectivity index is 1.79. The molecule has 0 spiro atoms. The second kappa shape index (κ2) is 10.3. The third-order valence-electron chi connectivity index (χ3n) is 4.74. The van der Waals surface area contributed by atoms with E-state index in [1.165, 1.54) is 13.2 Å². The van der Waals surface area contributed by atoms with Crippen molar-refractivity contribution in [2.45, 2.75) is 18.7 Å². The quantitative estimate of drug-likeness (QED) is 0.517. The second-order valence-electron chi connectivity index (χ2n) is 7.04. The number of aryl methyl sites for hydroxylation is 1. The summed E-state index contributed by atoms with van der Waals surface area (Å²) in [6.07, 6.45) is 0. The number of carbonyl (C=O) groups is 1. The number of benzene rings is 3. The lowest BCUT2D eigenvalue weighted by atomic mass is 10.2. The molecule has 0 aliphatic heterocycles. The molecule has 3 aromatic carbocycles. The van der Waals surface area contributed by atoms with Crippen LogP contribution in [0.2, 0.25) is 0 Å². The van der Waals surface area contributed by atoms with E-state index in [9.17, 15) is 13.2 Å². The molecule has 32 heavy (non-hydrogen) atoms. The maximum absolute atomic E-state index is 13.2. The van der Waals surface area contributed by atoms with Crippen molar-refractivity contribution in [1.82, 2.24) is 4.31 Å². The molecular formula is C24H26N2O5S. The molecule has 8 heteroatoms. The summed E-state index contributed by atoms with van der Waals surface area (Å²) in [6, 6.07) is 21.1. The van der Waals surface area contributed by atoms with E-state index in [0.29, 0.717) is 17.2 Å². The minimum absolute atomic E-state index is 0.0301. The first-order chi connectivity index (χ1) is 15.3. The average molecular weight is 455 g/mol. The standard InChI is InChI=1S/C24H26N2O5S/c1-4-26(32(28,29)23-16-18(2)14-15-22(23)30-3)17-24(27)25-20-12-8-9-13-21(20)31-19-10-6-5-7-11-19/h5-16H,4,17H2,1-3H3,(H,25,27). The molecule has 0 fully saturated rings. The average Bonchev–Trinajstić information content (AvgIpc) is 2.79. The summed E-state index contributed by atoms with van der Waals surface area (Å²) in [7, 11) is -2.53. The van der Waals surface area contributed by atoms with Gasteiger partial charge in [0.05, 0.1) is 19.3 Å². The van der Waals surface area contributed by atoms with Crippen LogP contribution in [0.3, 0.4) is 0 Å². The van der Waals surface area contributed by atoms with Crippen molar-refractivity contribution < 1.29 is 22.7 Å². The Labute approximate surface area is 188 Å². The van der Waals surface area contributed by atoms with Crippen molar-refractivity contribution in [3.8, 4) is 17.2 Å². The molecule has 0 saturated heterocycles. The van der Waals surface area contributed by atoms with E-state index in [1.54, 1.807) is 62.4 Å². The van der Waals surface area contributed by atoms with E-state index in [2.05, 4.69) is 5.32 Å². The molecule has 0 unspecified atom stereocenters. The van der Waals surface area contributed by atoms with Crippen LogP contribution in [0.15, 0.2) is 77.7 Å². The van der Waals surface area contributed by atoms with Crippen LogP contribution >= 0.6 is 0 Å². The Hall–Kier alpha value is -3.36. The van der Waals surface area contributed by atoms with Gasteiger partial charge >= 0.3 is 0 Å². The number of rotatable bonds is 9. The summed E-state index contributed by atoms with van der Waals surface area (Å²) in [5.74, 6) is 0.832. The topological polar surface area (TPSA) is 84.9 Å². The maximum Gasteiger partial charge on any atom is 0.247 e. The van der Waals surface area contributed by atoms with Gasteiger partial charge in [0.2, 0.25) is 15.9 Å². The highest BCUT2D eigenvalue weighted by atomic mass is 32.2. The van der Waals surface area contributed by atoms with Crippen molar-refractivity contribution in [2.24, 2.45) is 0 Å². The maximum atomic E-state index is 13.2. The van der Waals surface area contributed by atoms with Gasteiger partial charge in [-0.1, -0.05) is 43.3 Å². The lowest BCUT2D eigenvalue weighted by molar-refractivity contribution is -0.116. The van der Waals surface area contributed by atoms with Crippen LogP contribution in [0, 0.1) is 6.92 Å². The Morgan fingerprint density at radius 3 is 2.34 bits per heavy atom. The van der Waals surface area contributed by atoms with Gasteiger partial charge in [-0.15, -0.1) is 0 Å². The molecular weight excluding hydrogens is 428 g/mol. The number of methoxy groups -OCH3 is 1. The number of amides is 1. The number of carbonyl (C=O) groups excluding carboxylic acids is 1. The van der Waals surface area contributed by atoms with Gasteiger partial charge in [0.25, 0.3) is 0 Å². The zero-order valence-electron chi connectivity index (χ0n) is 18.2. The van der Waals surface area contributed by atoms with Crippen LogP contribution in [0.4, 0.5) is 5.69 Å². The molecule has 1 N–H and O–H groups in total. The summed E-state index contributed by atoms with van der Waals surface area (Å²) in [5, 5.41) is 2.76. The summed E-state index contributed by atoms with van der Waals surface area (Å²) in [4.78, 5) is 12.8. The molecule has 0 aliphatic rings. The first-order valence-corrected chi connectivity index (χ1v) is 11.6. The second-order valence-corrected chi connectivity index (χ2v) is 8.95. The number of ether oxygens (including phenoxy) is 2. The van der Waals surface area contributed by atoms with Gasteiger partial charge in [-0.3, -0.25) is 4.79 Å². The van der Waals surface area contributed by atoms with Gasteiger partial charge < -0.3 is 14.8 Å². The number of para-hydroxylation sites is 3. The van der Waals surface area contributed by atoms with Gasteiger partial charge in [-0.2, -0.15) is 4.31 Å². The number of hydrogen-bond acceptors (Lipinski definition) is 5. The molecule has 0 radical (unpaired) electrons. The highest BCUT2D eigenvalue weighted by Gasteiger charge is 2.28. The predicted molar refractivity (Wildman–Crippen MR) is 124 cm³/mol. The first kappa shape index (κ1) is 23.3. The fourth-order valence-corrected chi connectivity index (χ4v) is 4.76. The van der Waals surface area contributed by atoms with Crippen LogP contribution in [0.1, 0.15) is 12.5 Å². The fourth-order valence-electron chi connectivity index (χ4n) is 3.12. The Morgan fingerprint density at radius 2 is 1.66 bits per heavy atom. The van der Waals surface area contributed by atoms with Crippen LogP contribution in [0.5, 0.6) is 17.2 Å². The molecule has 0 atom stereocenters. The minimum atomic E-state index is -3.95. The molecule has 168 valence electrons. The van der Waals surface area contributed by atoms with Gasteiger partial charge in [0.1, 0.15) is 16.4 Å². The molecule has 0 aliphatic carbocycles. The summed E-state index contributed by atoms with van der Waals surface area (Å²) in [6.45, 7) is 3.25. The molecule has 0 bridgehead atoms. The normalized spacial score (nSPS) is 11.2. The van der Waals surface area contributed by atoms with Crippen molar-refractivity contribution >= 4 is 21.6 Å². The molecule has 1 amide bonds. The largest absolute Gasteiger partial charge is 0.495 e. The molecule has 0 heterocycles. The molecule has 3 aromatic rings. The van der Waals surface area contributed by atoms with Crippen LogP contribution < -0.4 is 14.8 Å².